The van der Waals surface area contributed by atoms with Crippen LogP contribution in [0.1, 0.15) is 52.4 Å². The van der Waals surface area contributed by atoms with Gasteiger partial charge in [-0.05, 0) is 38.1 Å². The summed E-state index contributed by atoms with van der Waals surface area (Å²) in [7, 11) is 0. The van der Waals surface area contributed by atoms with E-state index in [1.165, 1.54) is 0 Å². The lowest BCUT2D eigenvalue weighted by Crippen LogP contribution is -2.37. The number of carboxylic acid groups (broad SMARTS) is 1. The fourth-order valence-corrected chi connectivity index (χ4v) is 3.01. The van der Waals surface area contributed by atoms with Gasteiger partial charge in [-0.1, -0.05) is 20.3 Å². The van der Waals surface area contributed by atoms with E-state index in [9.17, 15) is 14.7 Å². The first-order chi connectivity index (χ1) is 9.45. The van der Waals surface area contributed by atoms with Gasteiger partial charge < -0.3 is 15.7 Å². The molecule has 1 saturated heterocycles. The maximum absolute atomic E-state index is 12.2. The van der Waals surface area contributed by atoms with Gasteiger partial charge in [0.25, 0.3) is 0 Å². The molecule has 3 N–H and O–H groups in total. The number of nitrogens with zero attached hydrogens (tertiary/aromatic N) is 1. The Morgan fingerprint density at radius 2 is 2.10 bits per heavy atom. The standard InChI is InChI=1S/C15H28N2O3/c1-3-7-15(14(19)20)8-10-17(11-15)13(18)5-4-12(2)6-9-16/h12H,3-11,16H2,1-2H3,(H,19,20). The van der Waals surface area contributed by atoms with Gasteiger partial charge in [0.2, 0.25) is 5.91 Å². The van der Waals surface area contributed by atoms with Crippen LogP contribution in [0, 0.1) is 11.3 Å². The Kier molecular flexibility index (Phi) is 6.46. The summed E-state index contributed by atoms with van der Waals surface area (Å²) in [6, 6.07) is 0. The minimum atomic E-state index is -0.758. The molecule has 1 heterocycles. The molecule has 1 fully saturated rings. The zero-order valence-corrected chi connectivity index (χ0v) is 12.7. The Labute approximate surface area is 121 Å². The number of carbonyl (C=O) groups excluding carboxylic acids is 1. The summed E-state index contributed by atoms with van der Waals surface area (Å²) in [5.74, 6) is -0.217. The maximum Gasteiger partial charge on any atom is 0.311 e. The topological polar surface area (TPSA) is 83.6 Å². The van der Waals surface area contributed by atoms with Gasteiger partial charge in [0.05, 0.1) is 5.41 Å². The van der Waals surface area contributed by atoms with Crippen LogP contribution in [0.3, 0.4) is 0 Å². The minimum absolute atomic E-state index is 0.0908. The van der Waals surface area contributed by atoms with E-state index in [0.717, 1.165) is 19.3 Å². The van der Waals surface area contributed by atoms with Gasteiger partial charge >= 0.3 is 5.97 Å². The molecule has 0 saturated carbocycles. The molecule has 0 aliphatic carbocycles. The normalized spacial score (nSPS) is 23.9. The monoisotopic (exact) mass is 284 g/mol. The molecule has 0 aromatic carbocycles. The van der Waals surface area contributed by atoms with Gasteiger partial charge in [0, 0.05) is 19.5 Å². The van der Waals surface area contributed by atoms with E-state index in [2.05, 4.69) is 6.92 Å². The lowest BCUT2D eigenvalue weighted by atomic mass is 9.83. The van der Waals surface area contributed by atoms with Crippen molar-refractivity contribution in [3.05, 3.63) is 0 Å². The predicted molar refractivity (Wildman–Crippen MR) is 78.2 cm³/mol. The number of carbonyl (C=O) groups is 2. The molecule has 1 amide bonds. The number of amides is 1. The third-order valence-electron chi connectivity index (χ3n) is 4.40. The average Bonchev–Trinajstić information content (AvgIpc) is 2.82. The quantitative estimate of drug-likeness (QED) is 0.712. The third kappa shape index (κ3) is 4.20. The van der Waals surface area contributed by atoms with Gasteiger partial charge in [-0.25, -0.2) is 0 Å². The molecule has 0 aromatic rings. The van der Waals surface area contributed by atoms with Gasteiger partial charge in [-0.3, -0.25) is 9.59 Å². The summed E-state index contributed by atoms with van der Waals surface area (Å²) in [5, 5.41) is 9.43. The predicted octanol–water partition coefficient (Wildman–Crippen LogP) is 1.85. The Morgan fingerprint density at radius 3 is 2.65 bits per heavy atom. The van der Waals surface area contributed by atoms with E-state index in [0.29, 0.717) is 44.8 Å². The van der Waals surface area contributed by atoms with Crippen molar-refractivity contribution in [2.24, 2.45) is 17.1 Å². The molecule has 20 heavy (non-hydrogen) atoms. The van der Waals surface area contributed by atoms with E-state index in [4.69, 9.17) is 5.73 Å². The van der Waals surface area contributed by atoms with Crippen molar-refractivity contribution < 1.29 is 14.7 Å². The minimum Gasteiger partial charge on any atom is -0.481 e. The Morgan fingerprint density at radius 1 is 1.40 bits per heavy atom. The summed E-state index contributed by atoms with van der Waals surface area (Å²) in [4.78, 5) is 25.4. The summed E-state index contributed by atoms with van der Waals surface area (Å²) in [6.45, 7) is 5.70. The molecule has 5 heteroatoms. The summed E-state index contributed by atoms with van der Waals surface area (Å²) >= 11 is 0. The molecule has 0 bridgehead atoms. The molecule has 0 aromatic heterocycles. The third-order valence-corrected chi connectivity index (χ3v) is 4.40. The second kappa shape index (κ2) is 7.62. The first kappa shape index (κ1) is 17.0. The van der Waals surface area contributed by atoms with E-state index in [-0.39, 0.29) is 5.91 Å². The van der Waals surface area contributed by atoms with Crippen molar-refractivity contribution in [3.63, 3.8) is 0 Å². The molecule has 0 spiro atoms. The summed E-state index contributed by atoms with van der Waals surface area (Å²) < 4.78 is 0. The van der Waals surface area contributed by atoms with Gasteiger partial charge in [0.15, 0.2) is 0 Å². The van der Waals surface area contributed by atoms with Crippen molar-refractivity contribution in [3.8, 4) is 0 Å². The molecule has 0 radical (unpaired) electrons. The molecule has 116 valence electrons. The van der Waals surface area contributed by atoms with Crippen molar-refractivity contribution in [2.75, 3.05) is 19.6 Å². The van der Waals surface area contributed by atoms with Crippen LogP contribution in [-0.4, -0.2) is 41.5 Å². The van der Waals surface area contributed by atoms with Crippen LogP contribution in [0.5, 0.6) is 0 Å². The van der Waals surface area contributed by atoms with Crippen LogP contribution in [0.4, 0.5) is 0 Å². The highest BCUT2D eigenvalue weighted by molar-refractivity contribution is 5.80. The average molecular weight is 284 g/mol. The number of nitrogens with two attached hydrogens (primary N) is 1. The fourth-order valence-electron chi connectivity index (χ4n) is 3.01. The van der Waals surface area contributed by atoms with E-state index in [1.54, 1.807) is 4.90 Å². The highest BCUT2D eigenvalue weighted by Crippen LogP contribution is 2.36. The Hall–Kier alpha value is -1.10. The van der Waals surface area contributed by atoms with Crippen molar-refractivity contribution in [1.82, 2.24) is 4.90 Å². The number of carboxylic acids is 1. The molecule has 1 aliphatic heterocycles. The van der Waals surface area contributed by atoms with Crippen LogP contribution in [-0.2, 0) is 9.59 Å². The summed E-state index contributed by atoms with van der Waals surface area (Å²) in [6.07, 6.45) is 4.34. The number of likely N-dealkylation sites (tertiary alicyclic amines) is 1. The Balaban J connectivity index is 2.49. The lowest BCUT2D eigenvalue weighted by molar-refractivity contribution is -0.149. The second-order valence-electron chi connectivity index (χ2n) is 6.12. The van der Waals surface area contributed by atoms with Crippen LogP contribution >= 0.6 is 0 Å². The first-order valence-electron chi connectivity index (χ1n) is 7.66. The molecule has 1 rings (SSSR count). The second-order valence-corrected chi connectivity index (χ2v) is 6.12. The first-order valence-corrected chi connectivity index (χ1v) is 7.66. The van der Waals surface area contributed by atoms with Crippen LogP contribution in [0.15, 0.2) is 0 Å². The van der Waals surface area contributed by atoms with E-state index >= 15 is 0 Å². The highest BCUT2D eigenvalue weighted by Gasteiger charge is 2.45. The fraction of sp³-hybridized carbons (Fsp3) is 0.867. The largest absolute Gasteiger partial charge is 0.481 e. The molecule has 1 aliphatic rings. The van der Waals surface area contributed by atoms with Crippen molar-refractivity contribution in [1.29, 1.82) is 0 Å². The van der Waals surface area contributed by atoms with Gasteiger partial charge in [-0.2, -0.15) is 0 Å². The van der Waals surface area contributed by atoms with E-state index in [1.807, 2.05) is 6.92 Å². The van der Waals surface area contributed by atoms with Gasteiger partial charge in [0.1, 0.15) is 0 Å². The van der Waals surface area contributed by atoms with Crippen molar-refractivity contribution >= 4 is 11.9 Å². The lowest BCUT2D eigenvalue weighted by Gasteiger charge is -2.24. The Bertz CT molecular complexity index is 346. The smallest absolute Gasteiger partial charge is 0.311 e. The SMILES string of the molecule is CCCC1(C(=O)O)CCN(C(=O)CCC(C)CCN)C1. The van der Waals surface area contributed by atoms with Crippen LogP contribution in [0.2, 0.25) is 0 Å². The van der Waals surface area contributed by atoms with Crippen LogP contribution in [0.25, 0.3) is 0 Å². The van der Waals surface area contributed by atoms with E-state index < -0.39 is 11.4 Å². The summed E-state index contributed by atoms with van der Waals surface area (Å²) in [5.41, 5.74) is 4.78. The highest BCUT2D eigenvalue weighted by atomic mass is 16.4. The number of hydrogen-bond acceptors (Lipinski definition) is 3. The molecular weight excluding hydrogens is 256 g/mol. The van der Waals surface area contributed by atoms with Gasteiger partial charge in [-0.15, -0.1) is 0 Å². The number of aliphatic carboxylic acids is 1. The maximum atomic E-state index is 12.2. The molecule has 2 unspecified atom stereocenters. The zero-order chi connectivity index (χ0) is 15.2. The zero-order valence-electron chi connectivity index (χ0n) is 12.7. The van der Waals surface area contributed by atoms with Crippen LogP contribution < -0.4 is 5.73 Å². The number of rotatable bonds is 8. The molecular formula is C15H28N2O3. The number of hydrogen-bond donors (Lipinski definition) is 2. The molecule has 2 atom stereocenters. The van der Waals surface area contributed by atoms with Crippen molar-refractivity contribution in [2.45, 2.75) is 52.4 Å². The molecule has 5 nitrogen and oxygen atoms in total.